The summed E-state index contributed by atoms with van der Waals surface area (Å²) in [7, 11) is 0. The molecule has 5 N–H and O–H groups in total. The van der Waals surface area contributed by atoms with E-state index in [0.717, 1.165) is 31.6 Å². The minimum absolute atomic E-state index is 0.127. The van der Waals surface area contributed by atoms with Gasteiger partial charge in [-0.1, -0.05) is 32.9 Å². The van der Waals surface area contributed by atoms with Crippen molar-refractivity contribution in [2.24, 2.45) is 23.7 Å². The van der Waals surface area contributed by atoms with Crippen molar-refractivity contribution >= 4 is 17.7 Å². The van der Waals surface area contributed by atoms with Crippen LogP contribution in [-0.2, 0) is 14.3 Å². The highest BCUT2D eigenvalue weighted by Crippen LogP contribution is 2.35. The lowest BCUT2D eigenvalue weighted by molar-refractivity contribution is -0.207. The van der Waals surface area contributed by atoms with Crippen LogP contribution in [0.5, 0.6) is 0 Å². The average molecular weight is 499 g/mol. The maximum atomic E-state index is 13.5. The van der Waals surface area contributed by atoms with Crippen molar-refractivity contribution in [3.05, 3.63) is 12.2 Å². The molecule has 0 radical (unpaired) electrons. The molecule has 4 heterocycles. The van der Waals surface area contributed by atoms with Gasteiger partial charge in [-0.05, 0) is 55.1 Å². The van der Waals surface area contributed by atoms with E-state index in [9.17, 15) is 20.1 Å². The first-order valence-electron chi connectivity index (χ1n) is 12.9. The molecular weight excluding hydrogens is 456 g/mol. The molecule has 11 atom stereocenters. The normalized spacial score (nSPS) is 46.4. The lowest BCUT2D eigenvalue weighted by Crippen LogP contribution is -2.65. The maximum Gasteiger partial charge on any atom is 0.240 e. The van der Waals surface area contributed by atoms with E-state index in [1.54, 1.807) is 0 Å². The van der Waals surface area contributed by atoms with Crippen molar-refractivity contribution in [3.8, 4) is 0 Å². The smallest absolute Gasteiger partial charge is 0.240 e. The van der Waals surface area contributed by atoms with E-state index < -0.39 is 41.9 Å². The van der Waals surface area contributed by atoms with Crippen molar-refractivity contribution in [3.63, 3.8) is 0 Å². The van der Waals surface area contributed by atoms with Crippen LogP contribution in [0.2, 0.25) is 0 Å². The number of nitrogens with one attached hydrogen (secondary N) is 2. The molecule has 4 aliphatic heterocycles. The van der Waals surface area contributed by atoms with Crippen LogP contribution < -0.4 is 10.6 Å². The first kappa shape index (κ1) is 26.4. The van der Waals surface area contributed by atoms with Crippen LogP contribution in [0.4, 0.5) is 0 Å². The van der Waals surface area contributed by atoms with E-state index >= 15 is 0 Å². The number of carbonyl (C=O) groups excluding carboxylic acids is 1. The first-order valence-corrected chi connectivity index (χ1v) is 13.9. The SMILES string of the molecule is CC(C)C[C@@H]1CCO[C@@H]2[C@H](CN[C@@H]2C(=O)N[C@@H]2[C@H](C)/C=C\CCSC3O[C@H]2C(O)C(O)[C@H]3O)C1. The van der Waals surface area contributed by atoms with Gasteiger partial charge in [0.25, 0.3) is 0 Å². The predicted molar refractivity (Wildman–Crippen MR) is 131 cm³/mol. The fraction of sp³-hybridized carbons (Fsp3) is 0.880. The summed E-state index contributed by atoms with van der Waals surface area (Å²) in [6.07, 6.45) is 3.36. The van der Waals surface area contributed by atoms with E-state index in [2.05, 4.69) is 30.6 Å². The fourth-order valence-corrected chi connectivity index (χ4v) is 7.10. The molecule has 0 saturated carbocycles. The van der Waals surface area contributed by atoms with Crippen molar-refractivity contribution in [1.29, 1.82) is 0 Å². The number of aliphatic hydroxyl groups is 3. The van der Waals surface area contributed by atoms with Gasteiger partial charge >= 0.3 is 0 Å². The number of hydrogen-bond acceptors (Lipinski definition) is 8. The Kier molecular flexibility index (Phi) is 8.99. The van der Waals surface area contributed by atoms with Gasteiger partial charge in [-0.2, -0.15) is 0 Å². The topological polar surface area (TPSA) is 120 Å². The fourth-order valence-electron chi connectivity index (χ4n) is 6.03. The van der Waals surface area contributed by atoms with Gasteiger partial charge in [0.15, 0.2) is 0 Å². The van der Waals surface area contributed by atoms with E-state index in [0.29, 0.717) is 24.4 Å². The third-order valence-electron chi connectivity index (χ3n) is 7.79. The highest BCUT2D eigenvalue weighted by atomic mass is 32.2. The summed E-state index contributed by atoms with van der Waals surface area (Å²) >= 11 is 1.42. The molecule has 3 saturated heterocycles. The van der Waals surface area contributed by atoms with Gasteiger partial charge < -0.3 is 35.4 Å². The summed E-state index contributed by atoms with van der Waals surface area (Å²) in [5.74, 6) is 2.01. The Balaban J connectivity index is 1.48. The molecule has 1 amide bonds. The summed E-state index contributed by atoms with van der Waals surface area (Å²) < 4.78 is 12.3. The molecule has 2 bridgehead atoms. The molecule has 3 unspecified atom stereocenters. The Labute approximate surface area is 207 Å². The molecule has 0 aromatic carbocycles. The Morgan fingerprint density at radius 1 is 1.21 bits per heavy atom. The largest absolute Gasteiger partial charge is 0.388 e. The van der Waals surface area contributed by atoms with Gasteiger partial charge in [-0.25, -0.2) is 0 Å². The third kappa shape index (κ3) is 5.82. The molecule has 8 nitrogen and oxygen atoms in total. The molecule has 194 valence electrons. The van der Waals surface area contributed by atoms with E-state index in [1.807, 2.05) is 13.0 Å². The first-order chi connectivity index (χ1) is 16.3. The lowest BCUT2D eigenvalue weighted by atomic mass is 9.85. The summed E-state index contributed by atoms with van der Waals surface area (Å²) in [4.78, 5) is 13.5. The molecule has 3 fully saturated rings. The van der Waals surface area contributed by atoms with Crippen molar-refractivity contribution in [2.75, 3.05) is 18.9 Å². The Bertz CT molecular complexity index is 724. The number of carbonyl (C=O) groups is 1. The number of thioether (sulfide) groups is 1. The molecule has 34 heavy (non-hydrogen) atoms. The number of aliphatic hydroxyl groups excluding tert-OH is 3. The molecule has 0 aromatic rings. The maximum absolute atomic E-state index is 13.5. The zero-order chi connectivity index (χ0) is 24.4. The van der Waals surface area contributed by atoms with Crippen molar-refractivity contribution in [2.45, 2.75) is 94.5 Å². The minimum Gasteiger partial charge on any atom is -0.388 e. The number of hydrogen-bond donors (Lipinski definition) is 5. The second-order valence-electron chi connectivity index (χ2n) is 10.9. The average Bonchev–Trinajstić information content (AvgIpc) is 3.08. The van der Waals surface area contributed by atoms with Gasteiger partial charge in [0, 0.05) is 13.2 Å². The number of ether oxygens (including phenoxy) is 2. The second-order valence-corrected chi connectivity index (χ2v) is 12.1. The number of fused-ring (bicyclic) bond motifs is 3. The lowest BCUT2D eigenvalue weighted by Gasteiger charge is -2.45. The van der Waals surface area contributed by atoms with Crippen LogP contribution in [0, 0.1) is 23.7 Å². The summed E-state index contributed by atoms with van der Waals surface area (Å²) in [6.45, 7) is 7.90. The van der Waals surface area contributed by atoms with Gasteiger partial charge in [-0.3, -0.25) is 4.79 Å². The molecule has 0 spiro atoms. The van der Waals surface area contributed by atoms with Crippen molar-refractivity contribution in [1.82, 2.24) is 10.6 Å². The van der Waals surface area contributed by atoms with Crippen LogP contribution in [0.3, 0.4) is 0 Å². The van der Waals surface area contributed by atoms with Crippen LogP contribution in [0.15, 0.2) is 12.2 Å². The molecule has 9 heteroatoms. The van der Waals surface area contributed by atoms with Crippen LogP contribution >= 0.6 is 11.8 Å². The van der Waals surface area contributed by atoms with Gasteiger partial charge in [0.1, 0.15) is 35.9 Å². The van der Waals surface area contributed by atoms with E-state index in [-0.39, 0.29) is 17.9 Å². The molecular formula is C25H42N2O6S. The van der Waals surface area contributed by atoms with Gasteiger partial charge in [-0.15, -0.1) is 11.8 Å². The second kappa shape index (κ2) is 11.6. The Morgan fingerprint density at radius 2 is 2.00 bits per heavy atom. The minimum atomic E-state index is -1.33. The van der Waals surface area contributed by atoms with Crippen LogP contribution in [0.1, 0.15) is 46.5 Å². The monoisotopic (exact) mass is 498 g/mol. The van der Waals surface area contributed by atoms with Gasteiger partial charge in [0.05, 0.1) is 12.1 Å². The van der Waals surface area contributed by atoms with E-state index in [1.165, 1.54) is 18.2 Å². The highest BCUT2D eigenvalue weighted by Gasteiger charge is 2.49. The highest BCUT2D eigenvalue weighted by molar-refractivity contribution is 7.99. The molecule has 0 aromatic heterocycles. The van der Waals surface area contributed by atoms with Crippen molar-refractivity contribution < 1.29 is 29.6 Å². The number of allylic oxidation sites excluding steroid dienone is 1. The van der Waals surface area contributed by atoms with E-state index in [4.69, 9.17) is 9.47 Å². The Morgan fingerprint density at radius 3 is 2.76 bits per heavy atom. The molecule has 0 aliphatic carbocycles. The molecule has 4 rings (SSSR count). The zero-order valence-corrected chi connectivity index (χ0v) is 21.3. The zero-order valence-electron chi connectivity index (χ0n) is 20.5. The number of amides is 1. The number of rotatable bonds is 4. The standard InChI is InChI=1S/C25H42N2O6S/c1-13(2)10-15-7-8-32-22-16(11-15)12-26-18(22)24(31)27-17-14(3)6-4-5-9-34-25-21(30)19(28)20(29)23(17)33-25/h4,6,13-23,25-26,28-30H,5,7-12H2,1-3H3,(H,27,31)/b6-4-/t14-,15+,16+,17-,18+,19?,20?,21-,22-,23-,25?/m1/s1. The predicted octanol–water partition coefficient (Wildman–Crippen LogP) is 1.04. The van der Waals surface area contributed by atoms with Crippen LogP contribution in [0.25, 0.3) is 0 Å². The summed E-state index contributed by atoms with van der Waals surface area (Å²) in [5, 5.41) is 38.2. The Hall–Kier alpha value is -0.680. The molecule has 4 aliphatic rings. The van der Waals surface area contributed by atoms with Gasteiger partial charge in [0.2, 0.25) is 5.91 Å². The van der Waals surface area contributed by atoms with Crippen LogP contribution in [-0.4, -0.2) is 88.2 Å². The quantitative estimate of drug-likeness (QED) is 0.365. The summed E-state index contributed by atoms with van der Waals surface area (Å²) in [5.41, 5.74) is -0.654. The third-order valence-corrected chi connectivity index (χ3v) is 8.98. The summed E-state index contributed by atoms with van der Waals surface area (Å²) in [6, 6.07) is -1.02.